The van der Waals surface area contributed by atoms with Crippen molar-refractivity contribution in [2.45, 2.75) is 25.9 Å². The lowest BCUT2D eigenvalue weighted by molar-refractivity contribution is 0.549. The number of nitrogens with zero attached hydrogens (tertiary/aromatic N) is 3. The molecule has 4 nitrogen and oxygen atoms in total. The van der Waals surface area contributed by atoms with Gasteiger partial charge in [-0.3, -0.25) is 4.98 Å². The van der Waals surface area contributed by atoms with Gasteiger partial charge in [-0.1, -0.05) is 23.8 Å². The molecule has 1 N–H and O–H groups in total. The van der Waals surface area contributed by atoms with Crippen LogP contribution in [0.4, 0.5) is 10.1 Å². The number of thiocarbonyl (C=S) groups is 1. The van der Waals surface area contributed by atoms with E-state index in [1.165, 1.54) is 11.6 Å². The lowest BCUT2D eigenvalue weighted by atomic mass is 10.0. The Hall–Kier alpha value is -3.51. The molecule has 1 fully saturated rings. The smallest absolute Gasteiger partial charge is 0.174 e. The van der Waals surface area contributed by atoms with Crippen LogP contribution >= 0.6 is 12.2 Å². The van der Waals surface area contributed by atoms with Crippen LogP contribution in [0.1, 0.15) is 34.6 Å². The predicted molar refractivity (Wildman–Crippen MR) is 130 cm³/mol. The number of anilines is 1. The SMILES string of the molecule is Cc1ccc(-n2cccc2[C@@H]2[C@H](c3ccccn3)NC(=S)N2c2ccc(F)c(C)c2)cc1. The minimum absolute atomic E-state index is 0.159. The summed E-state index contributed by atoms with van der Waals surface area (Å²) in [5.74, 6) is -0.229. The maximum absolute atomic E-state index is 14.0. The Morgan fingerprint density at radius 1 is 0.938 bits per heavy atom. The van der Waals surface area contributed by atoms with Gasteiger partial charge in [0, 0.05) is 29.5 Å². The molecule has 2 aromatic carbocycles. The molecular weight excluding hydrogens is 419 g/mol. The second kappa shape index (κ2) is 8.20. The molecule has 0 saturated carbocycles. The summed E-state index contributed by atoms with van der Waals surface area (Å²) < 4.78 is 16.2. The summed E-state index contributed by atoms with van der Waals surface area (Å²) >= 11 is 5.79. The van der Waals surface area contributed by atoms with E-state index in [-0.39, 0.29) is 17.9 Å². The minimum atomic E-state index is -0.229. The highest BCUT2D eigenvalue weighted by molar-refractivity contribution is 7.80. The quantitative estimate of drug-likeness (QED) is 0.405. The first-order valence-corrected chi connectivity index (χ1v) is 10.9. The van der Waals surface area contributed by atoms with E-state index in [1.807, 2.05) is 30.3 Å². The minimum Gasteiger partial charge on any atom is -0.351 e. The Morgan fingerprint density at radius 3 is 2.44 bits per heavy atom. The fourth-order valence-corrected chi connectivity index (χ4v) is 4.63. The normalized spacial score (nSPS) is 18.1. The van der Waals surface area contributed by atoms with E-state index < -0.39 is 0 Å². The number of benzene rings is 2. The van der Waals surface area contributed by atoms with Crippen LogP contribution < -0.4 is 10.2 Å². The summed E-state index contributed by atoms with van der Waals surface area (Å²) in [7, 11) is 0. The van der Waals surface area contributed by atoms with Gasteiger partial charge in [0.2, 0.25) is 0 Å². The van der Waals surface area contributed by atoms with E-state index in [2.05, 4.69) is 63.2 Å². The molecule has 0 bridgehead atoms. The first kappa shape index (κ1) is 20.4. The van der Waals surface area contributed by atoms with E-state index >= 15 is 0 Å². The lowest BCUT2D eigenvalue weighted by Crippen LogP contribution is -2.30. The summed E-state index contributed by atoms with van der Waals surface area (Å²) in [5.41, 5.74) is 5.68. The monoisotopic (exact) mass is 442 g/mol. The van der Waals surface area contributed by atoms with Crippen molar-refractivity contribution in [2.75, 3.05) is 4.90 Å². The van der Waals surface area contributed by atoms with Gasteiger partial charge in [0.05, 0.1) is 11.7 Å². The topological polar surface area (TPSA) is 33.1 Å². The second-order valence-electron chi connectivity index (χ2n) is 8.07. The molecule has 0 unspecified atom stereocenters. The Bertz CT molecular complexity index is 1270. The van der Waals surface area contributed by atoms with Gasteiger partial charge in [0.1, 0.15) is 11.9 Å². The largest absolute Gasteiger partial charge is 0.351 e. The number of hydrogen-bond acceptors (Lipinski definition) is 2. The van der Waals surface area contributed by atoms with Crippen LogP contribution in [0.3, 0.4) is 0 Å². The number of pyridine rings is 1. The standard InChI is InChI=1S/C26H23FN4S/c1-17-8-10-19(11-9-17)30-15-5-7-23(30)25-24(22-6-3-4-14-28-22)29-26(32)31(25)20-12-13-21(27)18(2)16-20/h3-16,24-25H,1-2H3,(H,29,32)/t24-,25+/m0/s1. The van der Waals surface area contributed by atoms with Crippen molar-refractivity contribution in [1.82, 2.24) is 14.9 Å². The lowest BCUT2D eigenvalue weighted by Gasteiger charge is -2.29. The Labute approximate surface area is 192 Å². The Balaban J connectivity index is 1.67. The summed E-state index contributed by atoms with van der Waals surface area (Å²) in [6.07, 6.45) is 3.85. The Morgan fingerprint density at radius 2 is 1.72 bits per heavy atom. The van der Waals surface area contributed by atoms with Crippen molar-refractivity contribution in [3.05, 3.63) is 114 Å². The molecule has 0 aliphatic carbocycles. The van der Waals surface area contributed by atoms with E-state index in [1.54, 1.807) is 19.2 Å². The van der Waals surface area contributed by atoms with Crippen LogP contribution in [0.2, 0.25) is 0 Å². The molecule has 5 rings (SSSR count). The third-order valence-corrected chi connectivity index (χ3v) is 6.23. The summed E-state index contributed by atoms with van der Waals surface area (Å²) in [4.78, 5) is 6.68. The molecule has 1 aliphatic rings. The first-order valence-electron chi connectivity index (χ1n) is 10.5. The van der Waals surface area contributed by atoms with E-state index in [0.29, 0.717) is 10.7 Å². The van der Waals surface area contributed by atoms with Crippen LogP contribution in [0.25, 0.3) is 5.69 Å². The molecule has 0 spiro atoms. The maximum atomic E-state index is 14.0. The zero-order valence-corrected chi connectivity index (χ0v) is 18.7. The van der Waals surface area contributed by atoms with Crippen molar-refractivity contribution >= 4 is 23.0 Å². The molecule has 3 heterocycles. The third kappa shape index (κ3) is 3.56. The van der Waals surface area contributed by atoms with Crippen molar-refractivity contribution < 1.29 is 4.39 Å². The molecule has 4 aromatic rings. The summed E-state index contributed by atoms with van der Waals surface area (Å²) in [6, 6.07) is 23.3. The van der Waals surface area contributed by atoms with E-state index in [4.69, 9.17) is 12.2 Å². The Kier molecular flexibility index (Phi) is 5.23. The predicted octanol–water partition coefficient (Wildman–Crippen LogP) is 5.81. The van der Waals surface area contributed by atoms with Crippen LogP contribution in [-0.4, -0.2) is 14.7 Å². The van der Waals surface area contributed by atoms with E-state index in [9.17, 15) is 4.39 Å². The van der Waals surface area contributed by atoms with Crippen LogP contribution in [0, 0.1) is 19.7 Å². The van der Waals surface area contributed by atoms with Gasteiger partial charge in [-0.25, -0.2) is 4.39 Å². The number of halogens is 1. The van der Waals surface area contributed by atoms with Crippen LogP contribution in [0.5, 0.6) is 0 Å². The zero-order chi connectivity index (χ0) is 22.2. The molecule has 2 aromatic heterocycles. The number of nitrogens with one attached hydrogen (secondary N) is 1. The number of aromatic nitrogens is 2. The average molecular weight is 443 g/mol. The van der Waals surface area contributed by atoms with Crippen molar-refractivity contribution in [3.8, 4) is 5.69 Å². The summed E-state index contributed by atoms with van der Waals surface area (Å²) in [6.45, 7) is 3.85. The van der Waals surface area contributed by atoms with Crippen LogP contribution in [-0.2, 0) is 0 Å². The van der Waals surface area contributed by atoms with Gasteiger partial charge in [-0.05, 0) is 86.2 Å². The fraction of sp³-hybridized carbons (Fsp3) is 0.154. The third-order valence-electron chi connectivity index (χ3n) is 5.91. The fourth-order valence-electron chi connectivity index (χ4n) is 4.29. The zero-order valence-electron chi connectivity index (χ0n) is 17.9. The number of hydrogen-bond donors (Lipinski definition) is 1. The highest BCUT2D eigenvalue weighted by atomic mass is 32.1. The molecule has 1 aliphatic heterocycles. The molecule has 32 heavy (non-hydrogen) atoms. The molecule has 0 radical (unpaired) electrons. The molecular formula is C26H23FN4S. The van der Waals surface area contributed by atoms with Crippen molar-refractivity contribution in [2.24, 2.45) is 0 Å². The van der Waals surface area contributed by atoms with Gasteiger partial charge < -0.3 is 14.8 Å². The van der Waals surface area contributed by atoms with Crippen molar-refractivity contribution in [3.63, 3.8) is 0 Å². The average Bonchev–Trinajstić information content (AvgIpc) is 3.41. The van der Waals surface area contributed by atoms with Gasteiger partial charge in [-0.2, -0.15) is 0 Å². The van der Waals surface area contributed by atoms with Gasteiger partial charge in [-0.15, -0.1) is 0 Å². The molecule has 1 saturated heterocycles. The molecule has 0 amide bonds. The maximum Gasteiger partial charge on any atom is 0.174 e. The first-order chi connectivity index (χ1) is 15.5. The van der Waals surface area contributed by atoms with Crippen LogP contribution in [0.15, 0.2) is 85.2 Å². The number of rotatable bonds is 4. The van der Waals surface area contributed by atoms with Crippen molar-refractivity contribution in [1.29, 1.82) is 0 Å². The second-order valence-corrected chi connectivity index (χ2v) is 8.46. The van der Waals surface area contributed by atoms with Gasteiger partial charge in [0.15, 0.2) is 5.11 Å². The molecule has 2 atom stereocenters. The van der Waals surface area contributed by atoms with E-state index in [0.717, 1.165) is 22.8 Å². The highest BCUT2D eigenvalue weighted by Gasteiger charge is 2.42. The van der Waals surface area contributed by atoms with Gasteiger partial charge in [0.25, 0.3) is 0 Å². The molecule has 160 valence electrons. The summed E-state index contributed by atoms with van der Waals surface area (Å²) in [5, 5.41) is 4.06. The highest BCUT2D eigenvalue weighted by Crippen LogP contribution is 2.42. The van der Waals surface area contributed by atoms with Gasteiger partial charge >= 0.3 is 0 Å². The number of aryl methyl sites for hydroxylation is 2. The molecule has 6 heteroatoms.